The minimum absolute atomic E-state index is 0.0364. The molecule has 0 radical (unpaired) electrons. The van der Waals surface area contributed by atoms with E-state index >= 15 is 0 Å². The number of carbonyl (C=O) groups excluding carboxylic acids is 3. The highest BCUT2D eigenvalue weighted by atomic mass is 16.5. The normalized spacial score (nSPS) is 13.8. The number of ether oxygens (including phenoxy) is 2. The number of carbonyl (C=O) groups is 3. The van der Waals surface area contributed by atoms with Crippen LogP contribution in [0.4, 0.5) is 5.69 Å². The van der Waals surface area contributed by atoms with Crippen LogP contribution in [0.25, 0.3) is 6.08 Å². The zero-order valence-electron chi connectivity index (χ0n) is 20.5. The lowest BCUT2D eigenvalue weighted by molar-refractivity contribution is -0.149. The third-order valence-electron chi connectivity index (χ3n) is 6.14. The molecule has 0 spiro atoms. The molecular formula is C30H30N2O5. The Morgan fingerprint density at radius 1 is 0.865 bits per heavy atom. The van der Waals surface area contributed by atoms with Gasteiger partial charge in [0.25, 0.3) is 5.91 Å². The van der Waals surface area contributed by atoms with Gasteiger partial charge in [-0.1, -0.05) is 60.7 Å². The first kappa shape index (κ1) is 25.7. The van der Waals surface area contributed by atoms with Gasteiger partial charge in [0, 0.05) is 30.8 Å². The van der Waals surface area contributed by atoms with Gasteiger partial charge in [0.05, 0.1) is 0 Å². The van der Waals surface area contributed by atoms with Gasteiger partial charge in [-0.25, -0.2) is 4.79 Å². The molecule has 7 nitrogen and oxygen atoms in total. The minimum atomic E-state index is -0.588. The average Bonchev–Trinajstić information content (AvgIpc) is 2.95. The lowest BCUT2D eigenvalue weighted by Crippen LogP contribution is -2.43. The molecule has 37 heavy (non-hydrogen) atoms. The summed E-state index contributed by atoms with van der Waals surface area (Å²) < 4.78 is 10.9. The van der Waals surface area contributed by atoms with Crippen molar-refractivity contribution in [1.82, 2.24) is 4.90 Å². The van der Waals surface area contributed by atoms with Gasteiger partial charge in [-0.3, -0.25) is 9.59 Å². The Bertz CT molecular complexity index is 1200. The largest absolute Gasteiger partial charge is 0.489 e. The van der Waals surface area contributed by atoms with Crippen LogP contribution in [0.3, 0.4) is 0 Å². The quantitative estimate of drug-likeness (QED) is 0.342. The summed E-state index contributed by atoms with van der Waals surface area (Å²) in [6, 6.07) is 26.6. The van der Waals surface area contributed by atoms with E-state index in [0.717, 1.165) is 22.6 Å². The molecule has 1 saturated heterocycles. The Kier molecular flexibility index (Phi) is 9.07. The summed E-state index contributed by atoms with van der Waals surface area (Å²) in [6.07, 6.45) is 4.07. The molecule has 0 aromatic heterocycles. The number of hydrogen-bond donors (Lipinski definition) is 1. The van der Waals surface area contributed by atoms with Crippen molar-refractivity contribution in [3.63, 3.8) is 0 Å². The molecule has 190 valence electrons. The van der Waals surface area contributed by atoms with Gasteiger partial charge in [-0.05, 0) is 54.3 Å². The van der Waals surface area contributed by atoms with Crippen molar-refractivity contribution in [2.75, 3.05) is 25.0 Å². The molecular weight excluding hydrogens is 468 g/mol. The molecule has 0 aliphatic carbocycles. The van der Waals surface area contributed by atoms with Crippen molar-refractivity contribution >= 4 is 29.5 Å². The molecule has 1 heterocycles. The highest BCUT2D eigenvalue weighted by molar-refractivity contribution is 5.93. The second kappa shape index (κ2) is 13.1. The number of nitrogens with one attached hydrogen (secondary N) is 1. The van der Waals surface area contributed by atoms with Crippen molar-refractivity contribution in [1.29, 1.82) is 0 Å². The van der Waals surface area contributed by atoms with Crippen LogP contribution in [0.1, 0.15) is 24.0 Å². The molecule has 4 rings (SSSR count). The molecule has 0 atom stereocenters. The fraction of sp³-hybridized carbons (Fsp3) is 0.233. The van der Waals surface area contributed by atoms with Crippen LogP contribution in [0.15, 0.2) is 91.0 Å². The van der Waals surface area contributed by atoms with E-state index < -0.39 is 5.97 Å². The maximum Gasteiger partial charge on any atom is 0.331 e. The first-order valence-electron chi connectivity index (χ1n) is 12.3. The van der Waals surface area contributed by atoms with Gasteiger partial charge in [-0.2, -0.15) is 0 Å². The first-order chi connectivity index (χ1) is 18.1. The lowest BCUT2D eigenvalue weighted by Gasteiger charge is -2.31. The summed E-state index contributed by atoms with van der Waals surface area (Å²) in [5.41, 5.74) is 2.66. The van der Waals surface area contributed by atoms with Crippen molar-refractivity contribution in [3.8, 4) is 5.75 Å². The second-order valence-electron chi connectivity index (χ2n) is 8.79. The molecule has 1 aliphatic heterocycles. The van der Waals surface area contributed by atoms with Crippen molar-refractivity contribution in [2.24, 2.45) is 5.92 Å². The average molecular weight is 499 g/mol. The number of amides is 2. The fourth-order valence-electron chi connectivity index (χ4n) is 4.01. The van der Waals surface area contributed by atoms with E-state index in [-0.39, 0.29) is 24.3 Å². The SMILES string of the molecule is O=C(/C=C/c1ccc(OCc2ccccc2)cc1)OCC(=O)N1CCC(C(=O)Nc2ccccc2)CC1. The van der Waals surface area contributed by atoms with Crippen molar-refractivity contribution < 1.29 is 23.9 Å². The summed E-state index contributed by atoms with van der Waals surface area (Å²) in [5, 5.41) is 2.91. The van der Waals surface area contributed by atoms with Gasteiger partial charge in [0.1, 0.15) is 12.4 Å². The van der Waals surface area contributed by atoms with E-state index in [9.17, 15) is 14.4 Å². The highest BCUT2D eigenvalue weighted by Gasteiger charge is 2.27. The molecule has 1 fully saturated rings. The Morgan fingerprint density at radius 3 is 2.19 bits per heavy atom. The first-order valence-corrected chi connectivity index (χ1v) is 12.3. The van der Waals surface area contributed by atoms with E-state index in [4.69, 9.17) is 9.47 Å². The minimum Gasteiger partial charge on any atom is -0.489 e. The predicted octanol–water partition coefficient (Wildman–Crippen LogP) is 4.70. The van der Waals surface area contributed by atoms with Crippen LogP contribution < -0.4 is 10.1 Å². The Balaban J connectivity index is 1.15. The summed E-state index contributed by atoms with van der Waals surface area (Å²) >= 11 is 0. The molecule has 0 unspecified atom stereocenters. The second-order valence-corrected chi connectivity index (χ2v) is 8.79. The van der Waals surface area contributed by atoms with Crippen molar-refractivity contribution in [2.45, 2.75) is 19.4 Å². The molecule has 7 heteroatoms. The van der Waals surface area contributed by atoms with E-state index in [0.29, 0.717) is 32.5 Å². The highest BCUT2D eigenvalue weighted by Crippen LogP contribution is 2.20. The van der Waals surface area contributed by atoms with Crippen LogP contribution in [-0.2, 0) is 25.7 Å². The van der Waals surface area contributed by atoms with Crippen LogP contribution >= 0.6 is 0 Å². The van der Waals surface area contributed by atoms with Gasteiger partial charge >= 0.3 is 5.97 Å². The molecule has 0 bridgehead atoms. The summed E-state index contributed by atoms with van der Waals surface area (Å²) in [7, 11) is 0. The molecule has 1 aliphatic rings. The number of para-hydroxylation sites is 1. The van der Waals surface area contributed by atoms with Crippen LogP contribution in [0.2, 0.25) is 0 Å². The van der Waals surface area contributed by atoms with Gasteiger partial charge in [-0.15, -0.1) is 0 Å². The fourth-order valence-corrected chi connectivity index (χ4v) is 4.01. The third-order valence-corrected chi connectivity index (χ3v) is 6.14. The Hall–Kier alpha value is -4.39. The topological polar surface area (TPSA) is 84.9 Å². The number of nitrogens with zero attached hydrogens (tertiary/aromatic N) is 1. The Labute approximate surface area is 216 Å². The van der Waals surface area contributed by atoms with E-state index in [1.807, 2.05) is 84.9 Å². The molecule has 3 aromatic carbocycles. The maximum atomic E-state index is 12.5. The standard InChI is InChI=1S/C30H30N2O5/c33-28(32-19-17-25(18-20-32)30(35)31-26-9-5-2-6-10-26)22-37-29(34)16-13-23-11-14-27(15-12-23)36-21-24-7-3-1-4-8-24/h1-16,25H,17-22H2,(H,31,35)/b16-13+. The van der Waals surface area contributed by atoms with Gasteiger partial charge < -0.3 is 19.7 Å². The van der Waals surface area contributed by atoms with Gasteiger partial charge in [0.15, 0.2) is 6.61 Å². The monoisotopic (exact) mass is 498 g/mol. The maximum absolute atomic E-state index is 12.5. The van der Waals surface area contributed by atoms with Crippen LogP contribution in [0, 0.1) is 5.92 Å². The number of likely N-dealkylation sites (tertiary alicyclic amines) is 1. The lowest BCUT2D eigenvalue weighted by atomic mass is 9.95. The predicted molar refractivity (Wildman–Crippen MR) is 142 cm³/mol. The zero-order valence-corrected chi connectivity index (χ0v) is 20.5. The third kappa shape index (κ3) is 8.07. The number of hydrogen-bond acceptors (Lipinski definition) is 5. The molecule has 3 aromatic rings. The number of benzene rings is 3. The number of esters is 1. The molecule has 2 amide bonds. The Morgan fingerprint density at radius 2 is 1.51 bits per heavy atom. The summed E-state index contributed by atoms with van der Waals surface area (Å²) in [5.74, 6) is -0.301. The van der Waals surface area contributed by atoms with Crippen LogP contribution in [-0.4, -0.2) is 42.4 Å². The van der Waals surface area contributed by atoms with E-state index in [1.54, 1.807) is 11.0 Å². The smallest absolute Gasteiger partial charge is 0.331 e. The molecule has 0 saturated carbocycles. The summed E-state index contributed by atoms with van der Waals surface area (Å²) in [6.45, 7) is 1.07. The van der Waals surface area contributed by atoms with Crippen molar-refractivity contribution in [3.05, 3.63) is 102 Å². The van der Waals surface area contributed by atoms with E-state index in [1.165, 1.54) is 6.08 Å². The van der Waals surface area contributed by atoms with Gasteiger partial charge in [0.2, 0.25) is 5.91 Å². The van der Waals surface area contributed by atoms with E-state index in [2.05, 4.69) is 5.32 Å². The molecule has 1 N–H and O–H groups in total. The number of anilines is 1. The zero-order chi connectivity index (χ0) is 25.9. The summed E-state index contributed by atoms with van der Waals surface area (Å²) in [4.78, 5) is 38.6. The van der Waals surface area contributed by atoms with Crippen LogP contribution in [0.5, 0.6) is 5.75 Å². The number of piperidine rings is 1. The number of rotatable bonds is 9.